The molecule has 1 aliphatic carbocycles. The maximum Gasteiger partial charge on any atom is 0.238 e. The number of para-hydroxylation sites is 1. The second-order valence-electron chi connectivity index (χ2n) is 5.33. The van der Waals surface area contributed by atoms with Gasteiger partial charge in [0.1, 0.15) is 0 Å². The molecule has 0 unspecified atom stereocenters. The lowest BCUT2D eigenvalue weighted by atomic mass is 9.82. The van der Waals surface area contributed by atoms with Crippen LogP contribution in [0.15, 0.2) is 18.2 Å². The zero-order valence-corrected chi connectivity index (χ0v) is 12.8. The third kappa shape index (κ3) is 4.09. The Bertz CT molecular complexity index is 470. The third-order valence-electron chi connectivity index (χ3n) is 3.42. The predicted octanol–water partition coefficient (Wildman–Crippen LogP) is 2.63. The Hall–Kier alpha value is -0.810. The van der Waals surface area contributed by atoms with Crippen LogP contribution in [0.25, 0.3) is 0 Å². The topological polar surface area (TPSA) is 52.6 Å². The van der Waals surface area contributed by atoms with E-state index in [2.05, 4.69) is 5.32 Å². The number of likely N-dealkylation sites (N-methyl/N-ethyl adjacent to an activating group) is 1. The van der Waals surface area contributed by atoms with E-state index in [4.69, 9.17) is 23.2 Å². The molecular weight excluding hydrogens is 299 g/mol. The van der Waals surface area contributed by atoms with E-state index in [1.165, 1.54) is 0 Å². The van der Waals surface area contributed by atoms with Crippen LogP contribution in [0.1, 0.15) is 12.8 Å². The van der Waals surface area contributed by atoms with Crippen molar-refractivity contribution in [1.82, 2.24) is 4.90 Å². The Balaban J connectivity index is 1.83. The molecule has 0 saturated heterocycles. The van der Waals surface area contributed by atoms with Gasteiger partial charge in [0.15, 0.2) is 0 Å². The largest absolute Gasteiger partial charge is 0.393 e. The standard InChI is InChI=1S/C14H18Cl2N2O2/c1-18(7-9-5-10(19)6-9)8-13(20)17-14-11(15)3-2-4-12(14)16/h2-4,9-10,19H,5-8H2,1H3,(H,17,20). The molecule has 0 spiro atoms. The zero-order chi connectivity index (χ0) is 14.7. The summed E-state index contributed by atoms with van der Waals surface area (Å²) >= 11 is 12.0. The number of benzene rings is 1. The molecule has 1 fully saturated rings. The van der Waals surface area contributed by atoms with E-state index in [1.54, 1.807) is 18.2 Å². The summed E-state index contributed by atoms with van der Waals surface area (Å²) in [5, 5.41) is 12.8. The number of amides is 1. The van der Waals surface area contributed by atoms with E-state index in [9.17, 15) is 9.90 Å². The predicted molar refractivity (Wildman–Crippen MR) is 81.3 cm³/mol. The molecule has 0 radical (unpaired) electrons. The Labute approximate surface area is 128 Å². The quantitative estimate of drug-likeness (QED) is 0.878. The Kier molecular flexibility index (Phi) is 5.27. The van der Waals surface area contributed by atoms with Crippen LogP contribution < -0.4 is 5.32 Å². The van der Waals surface area contributed by atoms with Crippen molar-refractivity contribution < 1.29 is 9.90 Å². The highest BCUT2D eigenvalue weighted by molar-refractivity contribution is 6.39. The number of hydrogen-bond donors (Lipinski definition) is 2. The van der Waals surface area contributed by atoms with Crippen molar-refractivity contribution >= 4 is 34.8 Å². The average molecular weight is 317 g/mol. The summed E-state index contributed by atoms with van der Waals surface area (Å²) in [6, 6.07) is 5.10. The van der Waals surface area contributed by atoms with Crippen molar-refractivity contribution in [2.75, 3.05) is 25.5 Å². The van der Waals surface area contributed by atoms with Gasteiger partial charge < -0.3 is 10.4 Å². The first-order valence-corrected chi connectivity index (χ1v) is 7.31. The molecular formula is C14H18Cl2N2O2. The van der Waals surface area contributed by atoms with Crippen LogP contribution in [0, 0.1) is 5.92 Å². The average Bonchev–Trinajstić information content (AvgIpc) is 2.32. The molecule has 2 N–H and O–H groups in total. The fourth-order valence-electron chi connectivity index (χ4n) is 2.40. The number of anilines is 1. The van der Waals surface area contributed by atoms with Crippen molar-refractivity contribution in [3.63, 3.8) is 0 Å². The highest BCUT2D eigenvalue weighted by atomic mass is 35.5. The van der Waals surface area contributed by atoms with Crippen LogP contribution in [0.3, 0.4) is 0 Å². The lowest BCUT2D eigenvalue weighted by Crippen LogP contribution is -2.40. The molecule has 1 aliphatic rings. The molecule has 1 saturated carbocycles. The molecule has 20 heavy (non-hydrogen) atoms. The molecule has 1 aromatic carbocycles. The Morgan fingerprint density at radius 3 is 2.55 bits per heavy atom. The second-order valence-corrected chi connectivity index (χ2v) is 6.15. The maximum atomic E-state index is 12.0. The number of halogens is 2. The molecule has 0 atom stereocenters. The number of rotatable bonds is 5. The lowest BCUT2D eigenvalue weighted by Gasteiger charge is -2.34. The summed E-state index contributed by atoms with van der Waals surface area (Å²) in [5.41, 5.74) is 0.452. The zero-order valence-electron chi connectivity index (χ0n) is 11.3. The first-order chi connectivity index (χ1) is 9.45. The smallest absolute Gasteiger partial charge is 0.238 e. The Morgan fingerprint density at radius 2 is 2.00 bits per heavy atom. The van der Waals surface area contributed by atoms with Crippen molar-refractivity contribution in [2.24, 2.45) is 5.92 Å². The number of nitrogens with zero attached hydrogens (tertiary/aromatic N) is 1. The SMILES string of the molecule is CN(CC(=O)Nc1c(Cl)cccc1Cl)CC1CC(O)C1. The molecule has 1 amide bonds. The maximum absolute atomic E-state index is 12.0. The van der Waals surface area contributed by atoms with Gasteiger partial charge in [-0.2, -0.15) is 0 Å². The summed E-state index contributed by atoms with van der Waals surface area (Å²) in [7, 11) is 1.89. The molecule has 4 nitrogen and oxygen atoms in total. The second kappa shape index (κ2) is 6.76. The molecule has 0 aromatic heterocycles. The van der Waals surface area contributed by atoms with Gasteiger partial charge in [-0.05, 0) is 37.9 Å². The van der Waals surface area contributed by atoms with E-state index in [0.717, 1.165) is 19.4 Å². The van der Waals surface area contributed by atoms with Crippen LogP contribution in [0.4, 0.5) is 5.69 Å². The summed E-state index contributed by atoms with van der Waals surface area (Å²) < 4.78 is 0. The Morgan fingerprint density at radius 1 is 1.40 bits per heavy atom. The number of aliphatic hydroxyl groups excluding tert-OH is 1. The fourth-order valence-corrected chi connectivity index (χ4v) is 2.89. The first-order valence-electron chi connectivity index (χ1n) is 6.56. The van der Waals surface area contributed by atoms with Gasteiger partial charge in [0.05, 0.1) is 28.4 Å². The number of nitrogens with one attached hydrogen (secondary N) is 1. The summed E-state index contributed by atoms with van der Waals surface area (Å²) in [6.07, 6.45) is 1.48. The van der Waals surface area contributed by atoms with Gasteiger partial charge in [0.25, 0.3) is 0 Å². The minimum absolute atomic E-state index is 0.151. The van der Waals surface area contributed by atoms with Crippen LogP contribution in [0.2, 0.25) is 10.0 Å². The van der Waals surface area contributed by atoms with Crippen molar-refractivity contribution in [2.45, 2.75) is 18.9 Å². The van der Waals surface area contributed by atoms with Crippen molar-refractivity contribution in [3.05, 3.63) is 28.2 Å². The number of carbonyl (C=O) groups excluding carboxylic acids is 1. The molecule has 0 heterocycles. The lowest BCUT2D eigenvalue weighted by molar-refractivity contribution is -0.117. The normalized spacial score (nSPS) is 21.6. The number of hydrogen-bond acceptors (Lipinski definition) is 3. The van der Waals surface area contributed by atoms with Gasteiger partial charge in [-0.25, -0.2) is 0 Å². The first kappa shape index (κ1) is 15.6. The van der Waals surface area contributed by atoms with Gasteiger partial charge in [0, 0.05) is 6.54 Å². The fraction of sp³-hybridized carbons (Fsp3) is 0.500. The van der Waals surface area contributed by atoms with E-state index >= 15 is 0 Å². The molecule has 0 bridgehead atoms. The van der Waals surface area contributed by atoms with Gasteiger partial charge in [0.2, 0.25) is 5.91 Å². The van der Waals surface area contributed by atoms with E-state index < -0.39 is 0 Å². The monoisotopic (exact) mass is 316 g/mol. The summed E-state index contributed by atoms with van der Waals surface area (Å²) in [6.45, 7) is 1.08. The number of aliphatic hydroxyl groups is 1. The molecule has 0 aliphatic heterocycles. The number of carbonyl (C=O) groups is 1. The molecule has 110 valence electrons. The molecule has 2 rings (SSSR count). The molecule has 1 aromatic rings. The summed E-state index contributed by atoms with van der Waals surface area (Å²) in [4.78, 5) is 13.9. The third-order valence-corrected chi connectivity index (χ3v) is 4.05. The van der Waals surface area contributed by atoms with Gasteiger partial charge >= 0.3 is 0 Å². The van der Waals surface area contributed by atoms with Crippen LogP contribution in [0.5, 0.6) is 0 Å². The van der Waals surface area contributed by atoms with E-state index in [1.807, 2.05) is 11.9 Å². The highest BCUT2D eigenvalue weighted by Crippen LogP contribution is 2.30. The van der Waals surface area contributed by atoms with Gasteiger partial charge in [-0.3, -0.25) is 9.69 Å². The van der Waals surface area contributed by atoms with Crippen LogP contribution >= 0.6 is 23.2 Å². The minimum Gasteiger partial charge on any atom is -0.393 e. The van der Waals surface area contributed by atoms with Crippen molar-refractivity contribution in [3.8, 4) is 0 Å². The van der Waals surface area contributed by atoms with Gasteiger partial charge in [-0.1, -0.05) is 29.3 Å². The van der Waals surface area contributed by atoms with Crippen LogP contribution in [-0.2, 0) is 4.79 Å². The van der Waals surface area contributed by atoms with Crippen LogP contribution in [-0.4, -0.2) is 42.2 Å². The van der Waals surface area contributed by atoms with Crippen molar-refractivity contribution in [1.29, 1.82) is 0 Å². The molecule has 6 heteroatoms. The van der Waals surface area contributed by atoms with E-state index in [0.29, 0.717) is 21.7 Å². The summed E-state index contributed by atoms with van der Waals surface area (Å²) in [5.74, 6) is 0.328. The van der Waals surface area contributed by atoms with Gasteiger partial charge in [-0.15, -0.1) is 0 Å². The highest BCUT2D eigenvalue weighted by Gasteiger charge is 2.28. The minimum atomic E-state index is -0.163. The van der Waals surface area contributed by atoms with E-state index in [-0.39, 0.29) is 18.6 Å².